The standard InChI is InChI=1S/C8H8N4O3/c1-5-7-8(15)11(2-6(13)14)4-10-12(7)3-9-5/h3-4H,2H2,1H3,(H,13,14)/q+1. The van der Waals surface area contributed by atoms with Gasteiger partial charge in [-0.1, -0.05) is 0 Å². The van der Waals surface area contributed by atoms with Crippen LogP contribution in [0, 0.1) is 0 Å². The topological polar surface area (TPSA) is 88.2 Å². The van der Waals surface area contributed by atoms with Gasteiger partial charge in [-0.15, -0.1) is 0 Å². The molecular weight excluding hydrogens is 200 g/mol. The number of aliphatic imine (C=N–C) groups is 1. The van der Waals surface area contributed by atoms with Crippen molar-refractivity contribution in [2.45, 2.75) is 6.92 Å². The summed E-state index contributed by atoms with van der Waals surface area (Å²) in [5.41, 5.74) is 0.839. The van der Waals surface area contributed by atoms with Crippen LogP contribution in [0.4, 0.5) is 0 Å². The quantitative estimate of drug-likeness (QED) is 0.607. The second-order valence-corrected chi connectivity index (χ2v) is 3.08. The molecule has 0 bridgehead atoms. The monoisotopic (exact) mass is 208 g/mol. The predicted octanol–water partition coefficient (Wildman–Crippen LogP) is -0.730. The van der Waals surface area contributed by atoms with Gasteiger partial charge in [-0.25, -0.2) is 0 Å². The van der Waals surface area contributed by atoms with Crippen molar-refractivity contribution in [2.24, 2.45) is 10.1 Å². The number of fused-ring (bicyclic) bond motifs is 1. The fourth-order valence-electron chi connectivity index (χ4n) is 1.33. The Morgan fingerprint density at radius 3 is 3.07 bits per heavy atom. The molecule has 0 unspecified atom stereocenters. The third-order valence-electron chi connectivity index (χ3n) is 2.02. The molecule has 1 amide bonds. The van der Waals surface area contributed by atoms with Gasteiger partial charge in [-0.3, -0.25) is 14.5 Å². The maximum absolute atomic E-state index is 11.7. The number of carbonyl (C=O) groups excluding carboxylic acids is 1. The summed E-state index contributed by atoms with van der Waals surface area (Å²) in [5.74, 6) is -1.48. The highest BCUT2D eigenvalue weighted by Gasteiger charge is 2.42. The Hall–Kier alpha value is -2.02. The van der Waals surface area contributed by atoms with Gasteiger partial charge in [0.2, 0.25) is 0 Å². The molecule has 0 aromatic carbocycles. The summed E-state index contributed by atoms with van der Waals surface area (Å²) in [6, 6.07) is 0. The average molecular weight is 208 g/mol. The van der Waals surface area contributed by atoms with E-state index in [2.05, 4.69) is 10.1 Å². The maximum atomic E-state index is 11.7. The summed E-state index contributed by atoms with van der Waals surface area (Å²) in [6.45, 7) is 1.27. The maximum Gasteiger partial charge on any atom is 0.324 e. The molecule has 0 spiro atoms. The lowest BCUT2D eigenvalue weighted by Crippen LogP contribution is -2.44. The Labute approximate surface area is 85.0 Å². The third-order valence-corrected chi connectivity index (χ3v) is 2.02. The summed E-state index contributed by atoms with van der Waals surface area (Å²) in [4.78, 5) is 27.2. The van der Waals surface area contributed by atoms with Crippen molar-refractivity contribution in [1.82, 2.24) is 9.91 Å². The fourth-order valence-corrected chi connectivity index (χ4v) is 1.33. The van der Waals surface area contributed by atoms with E-state index < -0.39 is 18.4 Å². The number of nitrogens with zero attached hydrogens (tertiary/aromatic N) is 4. The molecule has 15 heavy (non-hydrogen) atoms. The van der Waals surface area contributed by atoms with Crippen LogP contribution in [0.15, 0.2) is 21.5 Å². The van der Waals surface area contributed by atoms with E-state index in [0.29, 0.717) is 11.4 Å². The second-order valence-electron chi connectivity index (χ2n) is 3.08. The number of hydrogen-bond acceptors (Lipinski definition) is 5. The molecule has 0 saturated heterocycles. The van der Waals surface area contributed by atoms with E-state index in [1.54, 1.807) is 6.92 Å². The van der Waals surface area contributed by atoms with Crippen LogP contribution in [-0.4, -0.2) is 41.1 Å². The first-order chi connectivity index (χ1) is 7.09. The Morgan fingerprint density at radius 1 is 1.67 bits per heavy atom. The Kier molecular flexibility index (Phi) is 2.09. The largest absolute Gasteiger partial charge is 0.480 e. The first kappa shape index (κ1) is 9.53. The van der Waals surface area contributed by atoms with Gasteiger partial charge >= 0.3 is 17.6 Å². The van der Waals surface area contributed by atoms with Gasteiger partial charge in [-0.2, -0.15) is 4.99 Å². The highest BCUT2D eigenvalue weighted by atomic mass is 16.4. The highest BCUT2D eigenvalue weighted by molar-refractivity contribution is 6.07. The lowest BCUT2D eigenvalue weighted by Gasteiger charge is -2.16. The van der Waals surface area contributed by atoms with Gasteiger partial charge in [-0.05, 0) is 12.0 Å². The van der Waals surface area contributed by atoms with Crippen LogP contribution >= 0.6 is 0 Å². The molecule has 7 heteroatoms. The van der Waals surface area contributed by atoms with Gasteiger partial charge in [0.25, 0.3) is 6.34 Å². The zero-order chi connectivity index (χ0) is 11.0. The molecule has 2 aliphatic rings. The van der Waals surface area contributed by atoms with Crippen molar-refractivity contribution in [3.63, 3.8) is 0 Å². The zero-order valence-electron chi connectivity index (χ0n) is 7.91. The predicted molar refractivity (Wildman–Crippen MR) is 51.2 cm³/mol. The lowest BCUT2D eigenvalue weighted by molar-refractivity contribution is -0.140. The van der Waals surface area contributed by atoms with E-state index in [-0.39, 0.29) is 0 Å². The normalized spacial score (nSPS) is 20.1. The molecule has 1 radical (unpaired) electrons. The number of amides is 1. The molecule has 1 N–H and O–H groups in total. The van der Waals surface area contributed by atoms with Crippen molar-refractivity contribution < 1.29 is 14.7 Å². The molecule has 2 aliphatic heterocycles. The van der Waals surface area contributed by atoms with Crippen molar-refractivity contribution in [2.75, 3.05) is 6.54 Å². The van der Waals surface area contributed by atoms with Crippen LogP contribution in [0.5, 0.6) is 0 Å². The summed E-state index contributed by atoms with van der Waals surface area (Å²) < 4.78 is 0. The zero-order valence-corrected chi connectivity index (χ0v) is 7.91. The Balaban J connectivity index is 2.29. The number of aliphatic carboxylic acids is 1. The van der Waals surface area contributed by atoms with E-state index in [1.165, 1.54) is 17.7 Å². The van der Waals surface area contributed by atoms with Gasteiger partial charge in [0, 0.05) is 0 Å². The number of hydrogen-bond donors (Lipinski definition) is 1. The average Bonchev–Trinajstić information content (AvgIpc) is 2.53. The number of carboxylic acid groups (broad SMARTS) is 1. The number of rotatable bonds is 2. The smallest absolute Gasteiger partial charge is 0.324 e. The molecule has 0 aromatic rings. The van der Waals surface area contributed by atoms with Crippen molar-refractivity contribution in [1.29, 1.82) is 0 Å². The number of allylic oxidation sites excluding steroid dienone is 1. The minimum Gasteiger partial charge on any atom is -0.480 e. The van der Waals surface area contributed by atoms with Crippen LogP contribution in [0.2, 0.25) is 0 Å². The summed E-state index contributed by atoms with van der Waals surface area (Å²) in [6.07, 6.45) is 2.60. The number of hydrazone groups is 1. The van der Waals surface area contributed by atoms with Crippen molar-refractivity contribution in [3.8, 4) is 0 Å². The van der Waals surface area contributed by atoms with Gasteiger partial charge < -0.3 is 5.11 Å². The van der Waals surface area contributed by atoms with Crippen LogP contribution in [0.25, 0.3) is 0 Å². The van der Waals surface area contributed by atoms with Crippen LogP contribution < -0.4 is 5.01 Å². The second kappa shape index (κ2) is 3.28. The molecular formula is C8H8N4O3+. The first-order valence-corrected chi connectivity index (χ1v) is 4.21. The van der Waals surface area contributed by atoms with Gasteiger partial charge in [0.15, 0.2) is 6.34 Å². The van der Waals surface area contributed by atoms with E-state index >= 15 is 0 Å². The first-order valence-electron chi connectivity index (χ1n) is 4.21. The van der Waals surface area contributed by atoms with Gasteiger partial charge in [0.05, 0.1) is 5.01 Å². The fraction of sp³-hybridized carbons (Fsp3) is 0.250. The van der Waals surface area contributed by atoms with Crippen molar-refractivity contribution >= 4 is 24.6 Å². The molecule has 7 nitrogen and oxygen atoms in total. The molecule has 0 saturated carbocycles. The van der Waals surface area contributed by atoms with E-state index in [4.69, 9.17) is 5.11 Å². The number of carbonyl (C=O) groups is 2. The Bertz CT molecular complexity index is 424. The summed E-state index contributed by atoms with van der Waals surface area (Å²) in [5, 5.41) is 13.8. The number of carboxylic acids is 1. The summed E-state index contributed by atoms with van der Waals surface area (Å²) in [7, 11) is 0. The van der Waals surface area contributed by atoms with E-state index in [1.807, 2.05) is 0 Å². The van der Waals surface area contributed by atoms with E-state index in [9.17, 15) is 9.59 Å². The molecule has 2 rings (SSSR count). The van der Waals surface area contributed by atoms with Gasteiger partial charge in [0.1, 0.15) is 12.2 Å². The van der Waals surface area contributed by atoms with E-state index in [0.717, 1.165) is 4.90 Å². The minimum atomic E-state index is -1.08. The molecule has 2 heterocycles. The van der Waals surface area contributed by atoms with Crippen molar-refractivity contribution in [3.05, 3.63) is 11.4 Å². The van der Waals surface area contributed by atoms with Crippen LogP contribution in [-0.2, 0) is 9.59 Å². The summed E-state index contributed by atoms with van der Waals surface area (Å²) >= 11 is 0. The molecule has 0 aliphatic carbocycles. The van der Waals surface area contributed by atoms with Crippen LogP contribution in [0.3, 0.4) is 0 Å². The lowest BCUT2D eigenvalue weighted by atomic mass is 10.3. The van der Waals surface area contributed by atoms with Crippen LogP contribution in [0.1, 0.15) is 6.92 Å². The molecule has 0 aromatic heterocycles. The Morgan fingerprint density at radius 2 is 2.40 bits per heavy atom. The molecule has 77 valence electrons. The molecule has 0 fully saturated rings. The molecule has 0 atom stereocenters. The third kappa shape index (κ3) is 1.52. The minimum absolute atomic E-state index is 0.304. The SMILES string of the molecule is CC1=C2C(=O)N(CC(=O)O)C=N[N+]2C=N1. The highest BCUT2D eigenvalue weighted by Crippen LogP contribution is 2.19.